The molecule has 1 aromatic carbocycles. The molecular weight excluding hydrogens is 393 g/mol. The van der Waals surface area contributed by atoms with Gasteiger partial charge in [-0.3, -0.25) is 4.79 Å². The lowest BCUT2D eigenvalue weighted by molar-refractivity contribution is -0.115. The number of halogens is 2. The number of benzene rings is 1. The second-order valence-electron chi connectivity index (χ2n) is 5.78. The SMILES string of the molecule is CC1=C(C(N)=O)C(c2cccs2)n2nc(-c3ccc(Cl)c(Cl)c3)nc2N1. The van der Waals surface area contributed by atoms with Crippen LogP contribution < -0.4 is 11.1 Å². The van der Waals surface area contributed by atoms with Gasteiger partial charge in [-0.2, -0.15) is 4.98 Å². The summed E-state index contributed by atoms with van der Waals surface area (Å²) < 4.78 is 1.68. The summed E-state index contributed by atoms with van der Waals surface area (Å²) in [6, 6.07) is 8.65. The molecule has 0 spiro atoms. The molecule has 9 heteroatoms. The monoisotopic (exact) mass is 405 g/mol. The van der Waals surface area contributed by atoms with Gasteiger partial charge in [-0.05, 0) is 36.6 Å². The number of carbonyl (C=O) groups excluding carboxylic acids is 1. The first-order valence-electron chi connectivity index (χ1n) is 7.68. The number of primary amides is 1. The van der Waals surface area contributed by atoms with Crippen LogP contribution in [0, 0.1) is 0 Å². The van der Waals surface area contributed by atoms with Crippen molar-refractivity contribution in [3.63, 3.8) is 0 Å². The van der Waals surface area contributed by atoms with E-state index in [9.17, 15) is 4.79 Å². The number of thiophene rings is 1. The van der Waals surface area contributed by atoms with Gasteiger partial charge < -0.3 is 11.1 Å². The van der Waals surface area contributed by atoms with Crippen LogP contribution in [0.5, 0.6) is 0 Å². The fourth-order valence-electron chi connectivity index (χ4n) is 2.94. The van der Waals surface area contributed by atoms with Crippen molar-refractivity contribution in [1.29, 1.82) is 0 Å². The lowest BCUT2D eigenvalue weighted by atomic mass is 10.0. The van der Waals surface area contributed by atoms with Gasteiger partial charge in [0.25, 0.3) is 0 Å². The standard InChI is InChI=1S/C17H13Cl2N5OS/c1-8-13(15(20)25)14(12-3-2-6-26-12)24-17(21-8)22-16(23-24)9-4-5-10(18)11(19)7-9/h2-7,14H,1H3,(H2,20,25)(H,21,22,23). The Morgan fingerprint density at radius 3 is 2.77 bits per heavy atom. The number of aromatic nitrogens is 3. The van der Waals surface area contributed by atoms with Gasteiger partial charge in [0.15, 0.2) is 5.82 Å². The zero-order valence-electron chi connectivity index (χ0n) is 13.5. The number of nitrogens with one attached hydrogen (secondary N) is 1. The lowest BCUT2D eigenvalue weighted by Crippen LogP contribution is -2.31. The molecule has 2 aromatic heterocycles. The van der Waals surface area contributed by atoms with Gasteiger partial charge >= 0.3 is 0 Å². The van der Waals surface area contributed by atoms with Crippen molar-refractivity contribution in [2.75, 3.05) is 5.32 Å². The molecule has 3 aromatic rings. The van der Waals surface area contributed by atoms with Gasteiger partial charge in [0.2, 0.25) is 11.9 Å². The van der Waals surface area contributed by atoms with E-state index in [0.29, 0.717) is 33.1 Å². The third kappa shape index (κ3) is 2.78. The molecule has 6 nitrogen and oxygen atoms in total. The molecule has 3 N–H and O–H groups in total. The Bertz CT molecular complexity index is 1040. The average molecular weight is 406 g/mol. The van der Waals surface area contributed by atoms with E-state index < -0.39 is 11.9 Å². The Labute approximate surface area is 163 Å². The number of nitrogens with two attached hydrogens (primary N) is 1. The molecule has 26 heavy (non-hydrogen) atoms. The van der Waals surface area contributed by atoms with Crippen LogP contribution in [0.25, 0.3) is 11.4 Å². The first-order chi connectivity index (χ1) is 12.5. The predicted molar refractivity (Wildman–Crippen MR) is 103 cm³/mol. The lowest BCUT2D eigenvalue weighted by Gasteiger charge is -2.26. The highest BCUT2D eigenvalue weighted by Gasteiger charge is 2.33. The Kier molecular flexibility index (Phi) is 4.22. The third-order valence-corrected chi connectivity index (χ3v) is 5.77. The average Bonchev–Trinajstić information content (AvgIpc) is 3.25. The van der Waals surface area contributed by atoms with E-state index >= 15 is 0 Å². The van der Waals surface area contributed by atoms with E-state index in [2.05, 4.69) is 15.4 Å². The van der Waals surface area contributed by atoms with Crippen molar-refractivity contribution in [3.8, 4) is 11.4 Å². The van der Waals surface area contributed by atoms with Crippen LogP contribution in [0.4, 0.5) is 5.95 Å². The predicted octanol–water partition coefficient (Wildman–Crippen LogP) is 4.09. The summed E-state index contributed by atoms with van der Waals surface area (Å²) >= 11 is 13.6. The summed E-state index contributed by atoms with van der Waals surface area (Å²) in [7, 11) is 0. The summed E-state index contributed by atoms with van der Waals surface area (Å²) in [6.07, 6.45) is 0. The topological polar surface area (TPSA) is 85.8 Å². The van der Waals surface area contributed by atoms with E-state index in [1.165, 1.54) is 11.3 Å². The molecular formula is C17H13Cl2N5OS. The van der Waals surface area contributed by atoms with Crippen molar-refractivity contribution in [1.82, 2.24) is 14.8 Å². The van der Waals surface area contributed by atoms with Crippen molar-refractivity contribution in [2.24, 2.45) is 5.73 Å². The Morgan fingerprint density at radius 1 is 1.31 bits per heavy atom. The summed E-state index contributed by atoms with van der Waals surface area (Å²) in [5, 5.41) is 10.5. The van der Waals surface area contributed by atoms with E-state index in [0.717, 1.165) is 10.4 Å². The molecule has 1 amide bonds. The van der Waals surface area contributed by atoms with E-state index in [-0.39, 0.29) is 0 Å². The molecule has 0 saturated carbocycles. The molecule has 4 rings (SSSR count). The van der Waals surface area contributed by atoms with E-state index in [1.54, 1.807) is 29.8 Å². The highest BCUT2D eigenvalue weighted by Crippen LogP contribution is 2.38. The van der Waals surface area contributed by atoms with Crippen molar-refractivity contribution >= 4 is 46.4 Å². The highest BCUT2D eigenvalue weighted by molar-refractivity contribution is 7.10. The van der Waals surface area contributed by atoms with Crippen LogP contribution in [-0.4, -0.2) is 20.7 Å². The second-order valence-corrected chi connectivity index (χ2v) is 7.57. The quantitative estimate of drug-likeness (QED) is 0.686. The Balaban J connectivity index is 1.86. The number of nitrogens with zero attached hydrogens (tertiary/aromatic N) is 3. The number of hydrogen-bond acceptors (Lipinski definition) is 5. The zero-order chi connectivity index (χ0) is 18.4. The summed E-state index contributed by atoms with van der Waals surface area (Å²) in [6.45, 7) is 1.80. The number of fused-ring (bicyclic) bond motifs is 1. The van der Waals surface area contributed by atoms with Crippen LogP contribution in [0.3, 0.4) is 0 Å². The summed E-state index contributed by atoms with van der Waals surface area (Å²) in [4.78, 5) is 17.6. The van der Waals surface area contributed by atoms with Gasteiger partial charge in [0.1, 0.15) is 6.04 Å². The van der Waals surface area contributed by atoms with Gasteiger partial charge in [-0.1, -0.05) is 29.3 Å². The number of amides is 1. The zero-order valence-corrected chi connectivity index (χ0v) is 15.9. The summed E-state index contributed by atoms with van der Waals surface area (Å²) in [5.41, 5.74) is 7.49. The number of allylic oxidation sites excluding steroid dienone is 1. The van der Waals surface area contributed by atoms with Crippen molar-refractivity contribution in [3.05, 3.63) is 61.9 Å². The minimum Gasteiger partial charge on any atom is -0.366 e. The van der Waals surface area contributed by atoms with Gasteiger partial charge in [-0.25, -0.2) is 4.68 Å². The highest BCUT2D eigenvalue weighted by atomic mass is 35.5. The minimum atomic E-state index is -0.495. The fourth-order valence-corrected chi connectivity index (χ4v) is 4.05. The van der Waals surface area contributed by atoms with Crippen LogP contribution >= 0.6 is 34.5 Å². The molecule has 0 fully saturated rings. The molecule has 0 saturated heterocycles. The van der Waals surface area contributed by atoms with Crippen LogP contribution in [0.2, 0.25) is 10.0 Å². The number of rotatable bonds is 3. The normalized spacial score (nSPS) is 16.3. The van der Waals surface area contributed by atoms with Crippen LogP contribution in [0.15, 0.2) is 47.0 Å². The molecule has 1 aliphatic rings. The van der Waals surface area contributed by atoms with Gasteiger partial charge in [-0.15, -0.1) is 16.4 Å². The second kappa shape index (κ2) is 6.42. The van der Waals surface area contributed by atoms with Crippen LogP contribution in [0.1, 0.15) is 17.8 Å². The molecule has 0 radical (unpaired) electrons. The number of hydrogen-bond donors (Lipinski definition) is 2. The molecule has 132 valence electrons. The smallest absolute Gasteiger partial charge is 0.248 e. The third-order valence-electron chi connectivity index (χ3n) is 4.11. The fraction of sp³-hybridized carbons (Fsp3) is 0.118. The Hall–Kier alpha value is -2.35. The molecule has 1 atom stereocenters. The minimum absolute atomic E-state index is 0.423. The molecule has 1 aliphatic heterocycles. The Morgan fingerprint density at radius 2 is 2.12 bits per heavy atom. The number of carbonyl (C=O) groups is 1. The van der Waals surface area contributed by atoms with Gasteiger partial charge in [0, 0.05) is 16.1 Å². The van der Waals surface area contributed by atoms with E-state index in [4.69, 9.17) is 28.9 Å². The van der Waals surface area contributed by atoms with E-state index in [1.807, 2.05) is 17.5 Å². The van der Waals surface area contributed by atoms with Gasteiger partial charge in [0.05, 0.1) is 15.6 Å². The maximum absolute atomic E-state index is 12.1. The largest absolute Gasteiger partial charge is 0.366 e. The van der Waals surface area contributed by atoms with Crippen molar-refractivity contribution in [2.45, 2.75) is 13.0 Å². The molecule has 3 heterocycles. The van der Waals surface area contributed by atoms with Crippen LogP contribution in [-0.2, 0) is 4.79 Å². The maximum Gasteiger partial charge on any atom is 0.248 e. The molecule has 0 bridgehead atoms. The summed E-state index contributed by atoms with van der Waals surface area (Å²) in [5.74, 6) is 0.517. The first kappa shape index (κ1) is 17.1. The van der Waals surface area contributed by atoms with Crippen molar-refractivity contribution < 1.29 is 4.79 Å². The molecule has 0 aliphatic carbocycles. The number of anilines is 1. The maximum atomic E-state index is 12.1. The molecule has 1 unspecified atom stereocenters. The first-order valence-corrected chi connectivity index (χ1v) is 9.32.